The van der Waals surface area contributed by atoms with E-state index in [4.69, 9.17) is 15.3 Å². The first-order valence-corrected chi connectivity index (χ1v) is 9.47. The maximum Gasteiger partial charge on any atom is 0.263 e. The van der Waals surface area contributed by atoms with E-state index in [9.17, 15) is 4.79 Å². The monoisotopic (exact) mass is 404 g/mol. The molecule has 7 nitrogen and oxygen atoms in total. The summed E-state index contributed by atoms with van der Waals surface area (Å²) < 4.78 is 5.76. The molecule has 1 aromatic heterocycles. The molecule has 0 aliphatic rings. The number of benzene rings is 2. The van der Waals surface area contributed by atoms with Crippen LogP contribution in [0.15, 0.2) is 84.3 Å². The number of amidine groups is 1. The van der Waals surface area contributed by atoms with Gasteiger partial charge in [0.1, 0.15) is 12.4 Å². The lowest BCUT2D eigenvalue weighted by molar-refractivity contribution is -0.135. The molecule has 30 heavy (non-hydrogen) atoms. The zero-order chi connectivity index (χ0) is 21.2. The van der Waals surface area contributed by atoms with Crippen LogP contribution in [0.1, 0.15) is 16.7 Å². The van der Waals surface area contributed by atoms with E-state index in [1.54, 1.807) is 36.5 Å². The minimum atomic E-state index is -0.193. The summed E-state index contributed by atoms with van der Waals surface area (Å²) in [4.78, 5) is 23.0. The summed E-state index contributed by atoms with van der Waals surface area (Å²) in [5.41, 5.74) is 8.64. The van der Waals surface area contributed by atoms with Crippen LogP contribution >= 0.6 is 0 Å². The molecule has 3 rings (SSSR count). The van der Waals surface area contributed by atoms with Crippen LogP contribution in [-0.4, -0.2) is 35.3 Å². The molecule has 0 radical (unpaired) electrons. The number of ether oxygens (including phenoxy) is 1. The van der Waals surface area contributed by atoms with Crippen molar-refractivity contribution < 1.29 is 14.4 Å². The Hall–Kier alpha value is -3.87. The highest BCUT2D eigenvalue weighted by Gasteiger charge is 2.10. The lowest BCUT2D eigenvalue weighted by Crippen LogP contribution is -2.29. The number of oxime groups is 1. The van der Waals surface area contributed by atoms with Gasteiger partial charge in [-0.1, -0.05) is 53.7 Å². The SMILES string of the molecule is CN(Cc1ccccc1)C(=O)CO/N=C(/N)c1cccc(OCc2cccnc2)c1. The smallest absolute Gasteiger partial charge is 0.263 e. The van der Waals surface area contributed by atoms with Crippen molar-refractivity contribution in [3.8, 4) is 5.75 Å². The number of carbonyl (C=O) groups excluding carboxylic acids is 1. The van der Waals surface area contributed by atoms with Gasteiger partial charge in [-0.2, -0.15) is 0 Å². The van der Waals surface area contributed by atoms with Crippen molar-refractivity contribution in [1.82, 2.24) is 9.88 Å². The predicted molar refractivity (Wildman–Crippen MR) is 115 cm³/mol. The Balaban J connectivity index is 1.50. The Morgan fingerprint density at radius 1 is 1.07 bits per heavy atom. The minimum absolute atomic E-state index is 0.167. The Labute approximate surface area is 175 Å². The third-order valence-corrected chi connectivity index (χ3v) is 4.30. The van der Waals surface area contributed by atoms with E-state index < -0.39 is 0 Å². The van der Waals surface area contributed by atoms with Crippen LogP contribution in [0.5, 0.6) is 5.75 Å². The van der Waals surface area contributed by atoms with Crippen molar-refractivity contribution in [3.63, 3.8) is 0 Å². The first-order valence-electron chi connectivity index (χ1n) is 9.47. The first kappa shape index (κ1) is 20.9. The summed E-state index contributed by atoms with van der Waals surface area (Å²) in [5.74, 6) is 0.623. The highest BCUT2D eigenvalue weighted by molar-refractivity contribution is 5.97. The fraction of sp³-hybridized carbons (Fsp3) is 0.174. The number of hydrogen-bond acceptors (Lipinski definition) is 5. The number of aromatic nitrogens is 1. The van der Waals surface area contributed by atoms with E-state index in [1.807, 2.05) is 54.6 Å². The fourth-order valence-electron chi connectivity index (χ4n) is 2.66. The van der Waals surface area contributed by atoms with Gasteiger partial charge in [0.05, 0.1) is 0 Å². The van der Waals surface area contributed by atoms with Gasteiger partial charge in [-0.15, -0.1) is 0 Å². The molecule has 0 aliphatic carbocycles. The van der Waals surface area contributed by atoms with Gasteiger partial charge in [-0.25, -0.2) is 0 Å². The van der Waals surface area contributed by atoms with Gasteiger partial charge in [0.25, 0.3) is 5.91 Å². The van der Waals surface area contributed by atoms with Crippen molar-refractivity contribution in [2.75, 3.05) is 13.7 Å². The maximum atomic E-state index is 12.2. The summed E-state index contributed by atoms with van der Waals surface area (Å²) in [6.07, 6.45) is 3.46. The largest absolute Gasteiger partial charge is 0.489 e. The number of likely N-dealkylation sites (N-methyl/N-ethyl adjacent to an activating group) is 1. The van der Waals surface area contributed by atoms with Crippen LogP contribution in [0.2, 0.25) is 0 Å². The number of hydrogen-bond donors (Lipinski definition) is 1. The number of nitrogens with two attached hydrogens (primary N) is 1. The number of amides is 1. The van der Waals surface area contributed by atoms with Crippen molar-refractivity contribution in [2.24, 2.45) is 10.9 Å². The van der Waals surface area contributed by atoms with Gasteiger partial charge >= 0.3 is 0 Å². The molecular formula is C23H24N4O3. The van der Waals surface area contributed by atoms with Gasteiger partial charge in [0.15, 0.2) is 12.4 Å². The zero-order valence-corrected chi connectivity index (χ0v) is 16.8. The standard InChI is InChI=1S/C23H24N4O3/c1-27(15-18-7-3-2-4-8-18)22(28)17-30-26-23(24)20-10-5-11-21(13-20)29-16-19-9-6-12-25-14-19/h2-14H,15-17H2,1H3,(H2,24,26). The van der Waals surface area contributed by atoms with Crippen LogP contribution in [0.25, 0.3) is 0 Å². The number of nitrogens with zero attached hydrogens (tertiary/aromatic N) is 3. The highest BCUT2D eigenvalue weighted by atomic mass is 16.6. The molecule has 1 amide bonds. The molecule has 0 atom stereocenters. The second-order valence-corrected chi connectivity index (χ2v) is 6.66. The molecular weight excluding hydrogens is 380 g/mol. The van der Waals surface area contributed by atoms with E-state index in [0.717, 1.165) is 11.1 Å². The average Bonchev–Trinajstić information content (AvgIpc) is 2.79. The number of pyridine rings is 1. The second kappa shape index (κ2) is 10.6. The quantitative estimate of drug-likeness (QED) is 0.336. The number of rotatable bonds is 9. The molecule has 2 aromatic carbocycles. The van der Waals surface area contributed by atoms with Gasteiger partial charge in [0, 0.05) is 37.1 Å². The van der Waals surface area contributed by atoms with E-state index in [1.165, 1.54) is 0 Å². The zero-order valence-electron chi connectivity index (χ0n) is 16.8. The van der Waals surface area contributed by atoms with Gasteiger partial charge < -0.3 is 20.2 Å². The van der Waals surface area contributed by atoms with Gasteiger partial charge in [-0.3, -0.25) is 9.78 Å². The molecule has 0 aliphatic heterocycles. The van der Waals surface area contributed by atoms with E-state index in [0.29, 0.717) is 24.5 Å². The summed E-state index contributed by atoms with van der Waals surface area (Å²) in [6.45, 7) is 0.701. The summed E-state index contributed by atoms with van der Waals surface area (Å²) in [5, 5.41) is 3.86. The predicted octanol–water partition coefficient (Wildman–Crippen LogP) is 2.96. The lowest BCUT2D eigenvalue weighted by atomic mass is 10.2. The normalized spacial score (nSPS) is 11.0. The minimum Gasteiger partial charge on any atom is -0.489 e. The van der Waals surface area contributed by atoms with Crippen LogP contribution in [0.4, 0.5) is 0 Å². The molecule has 7 heteroatoms. The average molecular weight is 404 g/mol. The lowest BCUT2D eigenvalue weighted by Gasteiger charge is -2.16. The topological polar surface area (TPSA) is 90.0 Å². The third-order valence-electron chi connectivity index (χ3n) is 4.30. The van der Waals surface area contributed by atoms with Gasteiger partial charge in [-0.05, 0) is 23.8 Å². The third kappa shape index (κ3) is 6.34. The molecule has 0 spiro atoms. The molecule has 0 saturated carbocycles. The summed E-state index contributed by atoms with van der Waals surface area (Å²) >= 11 is 0. The summed E-state index contributed by atoms with van der Waals surface area (Å²) in [7, 11) is 1.72. The van der Waals surface area contributed by atoms with Crippen LogP contribution in [-0.2, 0) is 22.8 Å². The highest BCUT2D eigenvalue weighted by Crippen LogP contribution is 2.15. The van der Waals surface area contributed by atoms with E-state index in [-0.39, 0.29) is 18.3 Å². The van der Waals surface area contributed by atoms with Crippen LogP contribution in [0.3, 0.4) is 0 Å². The Morgan fingerprint density at radius 2 is 1.87 bits per heavy atom. The molecule has 0 bridgehead atoms. The Bertz CT molecular complexity index is 978. The van der Waals surface area contributed by atoms with Crippen molar-refractivity contribution in [2.45, 2.75) is 13.2 Å². The van der Waals surface area contributed by atoms with Gasteiger partial charge in [0.2, 0.25) is 0 Å². The molecule has 1 heterocycles. The first-order chi connectivity index (χ1) is 14.6. The second-order valence-electron chi connectivity index (χ2n) is 6.66. The number of carbonyl (C=O) groups is 1. The summed E-state index contributed by atoms with van der Waals surface area (Å²) in [6, 6.07) is 20.7. The Kier molecular flexibility index (Phi) is 7.38. The van der Waals surface area contributed by atoms with E-state index >= 15 is 0 Å². The van der Waals surface area contributed by atoms with Crippen molar-refractivity contribution >= 4 is 11.7 Å². The molecule has 0 unspecified atom stereocenters. The van der Waals surface area contributed by atoms with Crippen molar-refractivity contribution in [1.29, 1.82) is 0 Å². The maximum absolute atomic E-state index is 12.2. The van der Waals surface area contributed by atoms with Crippen molar-refractivity contribution in [3.05, 3.63) is 95.8 Å². The molecule has 2 N–H and O–H groups in total. The van der Waals surface area contributed by atoms with Crippen LogP contribution in [0, 0.1) is 0 Å². The molecule has 154 valence electrons. The van der Waals surface area contributed by atoms with Crippen LogP contribution < -0.4 is 10.5 Å². The fourth-order valence-corrected chi connectivity index (χ4v) is 2.66. The van der Waals surface area contributed by atoms with E-state index in [2.05, 4.69) is 10.1 Å². The Morgan fingerprint density at radius 3 is 2.63 bits per heavy atom. The molecule has 0 saturated heterocycles. The molecule has 0 fully saturated rings. The molecule has 3 aromatic rings.